The van der Waals surface area contributed by atoms with Gasteiger partial charge in [0.1, 0.15) is 0 Å². The first-order valence-electron chi connectivity index (χ1n) is 14.3. The van der Waals surface area contributed by atoms with Crippen LogP contribution in [0.3, 0.4) is 0 Å². The fraction of sp³-hybridized carbons (Fsp3) is 0.200. The predicted molar refractivity (Wildman–Crippen MR) is 165 cm³/mol. The summed E-state index contributed by atoms with van der Waals surface area (Å²) >= 11 is 3.43. The Morgan fingerprint density at radius 3 is 1.88 bits per heavy atom. The third kappa shape index (κ3) is 4.31. The smallest absolute Gasteiger partial charge is 0.340 e. The molecule has 1 heterocycles. The van der Waals surface area contributed by atoms with Crippen molar-refractivity contribution in [2.45, 2.75) is 25.2 Å². The molecule has 4 aromatic rings. The topological polar surface area (TPSA) is 92.8 Å². The van der Waals surface area contributed by atoms with Crippen LogP contribution < -0.4 is 10.2 Å². The van der Waals surface area contributed by atoms with Crippen LogP contribution in [0.4, 0.5) is 11.4 Å². The first-order chi connectivity index (χ1) is 20.9. The van der Waals surface area contributed by atoms with Crippen molar-refractivity contribution in [3.05, 3.63) is 129 Å². The molecule has 3 amide bonds. The number of aryl methyl sites for hydroxylation is 1. The molecule has 4 aromatic carbocycles. The van der Waals surface area contributed by atoms with Gasteiger partial charge in [0.25, 0.3) is 5.91 Å². The maximum Gasteiger partial charge on any atom is 0.340 e. The number of amides is 3. The summed E-state index contributed by atoms with van der Waals surface area (Å²) in [5.41, 5.74) is 6.10. The van der Waals surface area contributed by atoms with Crippen molar-refractivity contribution in [3.8, 4) is 0 Å². The lowest BCUT2D eigenvalue weighted by molar-refractivity contribution is -0.122. The molecule has 43 heavy (non-hydrogen) atoms. The Labute approximate surface area is 257 Å². The minimum atomic E-state index is -0.790. The summed E-state index contributed by atoms with van der Waals surface area (Å²) in [6.45, 7) is 1.46. The Kier molecular flexibility index (Phi) is 6.73. The Bertz CT molecular complexity index is 1720. The Morgan fingerprint density at radius 1 is 0.791 bits per heavy atom. The van der Waals surface area contributed by atoms with Gasteiger partial charge in [0.15, 0.2) is 6.61 Å². The van der Waals surface area contributed by atoms with Crippen LogP contribution in [0.25, 0.3) is 0 Å². The third-order valence-corrected chi connectivity index (χ3v) is 9.36. The molecule has 8 rings (SSSR count). The molecule has 0 spiro atoms. The highest BCUT2D eigenvalue weighted by Gasteiger charge is 2.62. The molecule has 2 bridgehead atoms. The second kappa shape index (κ2) is 10.6. The number of esters is 1. The van der Waals surface area contributed by atoms with Crippen LogP contribution in [-0.2, 0) is 25.5 Å². The van der Waals surface area contributed by atoms with E-state index in [4.69, 9.17) is 4.74 Å². The first-order valence-corrected chi connectivity index (χ1v) is 15.1. The van der Waals surface area contributed by atoms with Crippen LogP contribution >= 0.6 is 15.9 Å². The molecule has 4 aliphatic rings. The summed E-state index contributed by atoms with van der Waals surface area (Å²) in [5, 5.41) is 2.79. The number of anilines is 2. The van der Waals surface area contributed by atoms with E-state index < -0.39 is 30.3 Å². The molecule has 0 radical (unpaired) electrons. The summed E-state index contributed by atoms with van der Waals surface area (Å²) in [5.74, 6) is -3.58. The Hall–Kier alpha value is -4.56. The number of imide groups is 1. The number of carbonyl (C=O) groups excluding carboxylic acids is 4. The SMILES string of the molecule is CCc1cc(Br)ccc1NC(=O)COC(=O)c1ccccc1N1C(=O)[C@@H]2C3c4ccccc4C(c4ccccc43)[C@@H]2C1=O. The van der Waals surface area contributed by atoms with Crippen molar-refractivity contribution in [1.82, 2.24) is 0 Å². The molecule has 7 nitrogen and oxygen atoms in total. The highest BCUT2D eigenvalue weighted by molar-refractivity contribution is 9.10. The van der Waals surface area contributed by atoms with Crippen LogP contribution in [-0.4, -0.2) is 30.3 Å². The van der Waals surface area contributed by atoms with E-state index in [1.54, 1.807) is 24.3 Å². The number of hydrogen-bond donors (Lipinski definition) is 1. The summed E-state index contributed by atoms with van der Waals surface area (Å²) in [6.07, 6.45) is 0.708. The van der Waals surface area contributed by atoms with Gasteiger partial charge < -0.3 is 10.1 Å². The van der Waals surface area contributed by atoms with Gasteiger partial charge in [0, 0.05) is 22.0 Å². The van der Waals surface area contributed by atoms with E-state index in [-0.39, 0.29) is 34.9 Å². The molecule has 0 aromatic heterocycles. The summed E-state index contributed by atoms with van der Waals surface area (Å²) in [7, 11) is 0. The van der Waals surface area contributed by atoms with Gasteiger partial charge in [0.05, 0.1) is 23.1 Å². The number of nitrogens with one attached hydrogen (secondary N) is 1. The summed E-state index contributed by atoms with van der Waals surface area (Å²) in [4.78, 5) is 55.5. The predicted octanol–water partition coefficient (Wildman–Crippen LogP) is 6.20. The van der Waals surface area contributed by atoms with Crippen LogP contribution in [0.1, 0.15) is 56.9 Å². The number of rotatable bonds is 6. The lowest BCUT2D eigenvalue weighted by Crippen LogP contribution is -2.41. The number of para-hydroxylation sites is 1. The number of ether oxygens (including phenoxy) is 1. The zero-order chi connectivity index (χ0) is 29.8. The van der Waals surface area contributed by atoms with Gasteiger partial charge in [-0.05, 0) is 64.6 Å². The monoisotopic (exact) mass is 634 g/mol. The summed E-state index contributed by atoms with van der Waals surface area (Å²) in [6, 6.07) is 28.0. The molecular formula is C35H27BrN2O5. The van der Waals surface area contributed by atoms with Crippen LogP contribution in [0.15, 0.2) is 95.5 Å². The molecule has 1 N–H and O–H groups in total. The zero-order valence-electron chi connectivity index (χ0n) is 23.3. The maximum absolute atomic E-state index is 14.2. The molecule has 1 saturated heterocycles. The van der Waals surface area contributed by atoms with Crippen LogP contribution in [0, 0.1) is 11.8 Å². The minimum absolute atomic E-state index is 0.0518. The molecular weight excluding hydrogens is 608 g/mol. The van der Waals surface area contributed by atoms with Crippen molar-refractivity contribution in [1.29, 1.82) is 0 Å². The van der Waals surface area contributed by atoms with Gasteiger partial charge in [-0.1, -0.05) is 83.5 Å². The fourth-order valence-electron chi connectivity index (χ4n) is 7.13. The second-order valence-electron chi connectivity index (χ2n) is 11.1. The van der Waals surface area contributed by atoms with Gasteiger partial charge in [0.2, 0.25) is 11.8 Å². The zero-order valence-corrected chi connectivity index (χ0v) is 24.8. The quantitative estimate of drug-likeness (QED) is 0.201. The highest BCUT2D eigenvalue weighted by atomic mass is 79.9. The van der Waals surface area contributed by atoms with E-state index in [0.29, 0.717) is 12.1 Å². The lowest BCUT2D eigenvalue weighted by Gasteiger charge is -2.45. The van der Waals surface area contributed by atoms with E-state index in [0.717, 1.165) is 32.3 Å². The number of benzene rings is 4. The van der Waals surface area contributed by atoms with E-state index in [2.05, 4.69) is 21.2 Å². The van der Waals surface area contributed by atoms with E-state index in [1.807, 2.05) is 67.6 Å². The van der Waals surface area contributed by atoms with Crippen molar-refractivity contribution in [2.75, 3.05) is 16.8 Å². The highest BCUT2D eigenvalue weighted by Crippen LogP contribution is 2.61. The van der Waals surface area contributed by atoms with Gasteiger partial charge >= 0.3 is 5.97 Å². The largest absolute Gasteiger partial charge is 0.452 e. The molecule has 1 fully saturated rings. The molecule has 1 aliphatic heterocycles. The van der Waals surface area contributed by atoms with E-state index in [1.165, 1.54) is 11.0 Å². The molecule has 8 heteroatoms. The van der Waals surface area contributed by atoms with Gasteiger partial charge in [-0.25, -0.2) is 9.69 Å². The Balaban J connectivity index is 1.16. The number of hydrogen-bond acceptors (Lipinski definition) is 5. The molecule has 0 saturated carbocycles. The van der Waals surface area contributed by atoms with Gasteiger partial charge in [-0.3, -0.25) is 14.4 Å². The maximum atomic E-state index is 14.2. The lowest BCUT2D eigenvalue weighted by atomic mass is 9.55. The van der Waals surface area contributed by atoms with Gasteiger partial charge in [-0.15, -0.1) is 0 Å². The molecule has 3 aliphatic carbocycles. The Morgan fingerprint density at radius 2 is 1.33 bits per heavy atom. The van der Waals surface area contributed by atoms with Crippen molar-refractivity contribution in [3.63, 3.8) is 0 Å². The minimum Gasteiger partial charge on any atom is -0.452 e. The van der Waals surface area contributed by atoms with Crippen molar-refractivity contribution < 1.29 is 23.9 Å². The fourth-order valence-corrected chi connectivity index (χ4v) is 7.54. The standard InChI is InChI=1S/C35H27BrN2O5/c1-2-19-17-20(36)15-16-26(19)37-28(39)18-43-35(42)25-13-7-8-14-27(25)38-33(40)31-29-21-9-3-4-10-22(21)30(32(31)34(38)41)24-12-6-5-11-23(24)29/h3-17,29-32H,2,18H2,1H3,(H,37,39)/t29?,30?,31-,32+. The first kappa shape index (κ1) is 27.3. The van der Waals surface area contributed by atoms with E-state index >= 15 is 0 Å². The average Bonchev–Trinajstić information content (AvgIpc) is 3.30. The molecule has 0 unspecified atom stereocenters. The van der Waals surface area contributed by atoms with Crippen LogP contribution in [0.5, 0.6) is 0 Å². The summed E-state index contributed by atoms with van der Waals surface area (Å²) < 4.78 is 6.30. The normalized spacial score (nSPS) is 21.2. The van der Waals surface area contributed by atoms with Gasteiger partial charge in [-0.2, -0.15) is 0 Å². The second-order valence-corrected chi connectivity index (χ2v) is 12.0. The average molecular weight is 636 g/mol. The van der Waals surface area contributed by atoms with Crippen molar-refractivity contribution >= 4 is 51.0 Å². The molecule has 214 valence electrons. The number of carbonyl (C=O) groups is 4. The number of nitrogens with zero attached hydrogens (tertiary/aromatic N) is 1. The number of halogens is 1. The van der Waals surface area contributed by atoms with Crippen LogP contribution in [0.2, 0.25) is 0 Å². The molecule has 2 atom stereocenters. The third-order valence-electron chi connectivity index (χ3n) is 8.87. The van der Waals surface area contributed by atoms with E-state index in [9.17, 15) is 19.2 Å². The van der Waals surface area contributed by atoms with Crippen molar-refractivity contribution in [2.24, 2.45) is 11.8 Å².